The van der Waals surface area contributed by atoms with Gasteiger partial charge >= 0.3 is 12.1 Å². The third kappa shape index (κ3) is 10.4. The lowest BCUT2D eigenvalue weighted by Gasteiger charge is -2.37. The second-order valence-corrected chi connectivity index (χ2v) is 9.52. The molecule has 0 aromatic heterocycles. The summed E-state index contributed by atoms with van der Waals surface area (Å²) in [5.41, 5.74) is 4.56. The van der Waals surface area contributed by atoms with Crippen molar-refractivity contribution in [1.29, 1.82) is 0 Å². The summed E-state index contributed by atoms with van der Waals surface area (Å²) in [5, 5.41) is 15.5. The number of carbonyl (C=O) groups is 5. The molecule has 1 aromatic carbocycles. The standard InChI is InChI=1S/C25H38N4O8/c1-7-36-20(32)12-13-27-22(33)21(16-10-8-9-11-18(16)30)29(15(2)3)23(34)17(14-19(26)31)28-24(35)37-25(4,5)6/h8-11,15,17,21,30H,7,12-14H2,1-6H3,(H2,26,31)(H,27,33)(H,28,35). The van der Waals surface area contributed by atoms with Crippen molar-refractivity contribution in [2.24, 2.45) is 5.73 Å². The fourth-order valence-corrected chi connectivity index (χ4v) is 3.46. The Bertz CT molecular complexity index is 974. The van der Waals surface area contributed by atoms with Crippen LogP contribution in [0, 0.1) is 0 Å². The van der Waals surface area contributed by atoms with Crippen LogP contribution in [0.2, 0.25) is 0 Å². The van der Waals surface area contributed by atoms with Crippen LogP contribution in [-0.2, 0) is 28.7 Å². The monoisotopic (exact) mass is 522 g/mol. The van der Waals surface area contributed by atoms with E-state index in [1.165, 1.54) is 12.1 Å². The van der Waals surface area contributed by atoms with Gasteiger partial charge in [-0.1, -0.05) is 18.2 Å². The first-order valence-corrected chi connectivity index (χ1v) is 12.0. The summed E-state index contributed by atoms with van der Waals surface area (Å²) < 4.78 is 10.1. The summed E-state index contributed by atoms with van der Waals surface area (Å²) >= 11 is 0. The van der Waals surface area contributed by atoms with Crippen LogP contribution in [0.15, 0.2) is 24.3 Å². The Hall–Kier alpha value is -3.83. The summed E-state index contributed by atoms with van der Waals surface area (Å²) in [6.07, 6.45) is -1.61. The molecule has 4 amide bonds. The summed E-state index contributed by atoms with van der Waals surface area (Å²) in [6, 6.07) is 2.51. The van der Waals surface area contributed by atoms with Crippen molar-refractivity contribution in [2.45, 2.75) is 78.1 Å². The molecule has 1 rings (SSSR count). The minimum Gasteiger partial charge on any atom is -0.508 e. The van der Waals surface area contributed by atoms with Gasteiger partial charge in [-0.2, -0.15) is 0 Å². The Morgan fingerprint density at radius 2 is 1.73 bits per heavy atom. The highest BCUT2D eigenvalue weighted by Crippen LogP contribution is 2.31. The van der Waals surface area contributed by atoms with Gasteiger partial charge in [0, 0.05) is 18.2 Å². The van der Waals surface area contributed by atoms with Crippen LogP contribution in [0.5, 0.6) is 5.75 Å². The molecule has 2 atom stereocenters. The lowest BCUT2D eigenvalue weighted by atomic mass is 9.99. The van der Waals surface area contributed by atoms with E-state index in [1.807, 2.05) is 0 Å². The molecule has 0 aliphatic carbocycles. The van der Waals surface area contributed by atoms with E-state index < -0.39 is 59.9 Å². The van der Waals surface area contributed by atoms with Crippen LogP contribution in [0.3, 0.4) is 0 Å². The number of nitrogens with zero attached hydrogens (tertiary/aromatic N) is 1. The fraction of sp³-hybridized carbons (Fsp3) is 0.560. The van der Waals surface area contributed by atoms with Crippen LogP contribution in [0.25, 0.3) is 0 Å². The highest BCUT2D eigenvalue weighted by atomic mass is 16.6. The van der Waals surface area contributed by atoms with Gasteiger partial charge in [0.05, 0.1) is 19.4 Å². The lowest BCUT2D eigenvalue weighted by Crippen LogP contribution is -2.56. The van der Waals surface area contributed by atoms with Crippen LogP contribution in [-0.4, -0.2) is 70.6 Å². The van der Waals surface area contributed by atoms with Gasteiger partial charge in [-0.05, 0) is 47.6 Å². The Morgan fingerprint density at radius 1 is 1.11 bits per heavy atom. The van der Waals surface area contributed by atoms with Gasteiger partial charge < -0.3 is 35.8 Å². The quantitative estimate of drug-likeness (QED) is 0.298. The number of esters is 1. The van der Waals surface area contributed by atoms with Gasteiger partial charge in [0.25, 0.3) is 0 Å². The SMILES string of the molecule is CCOC(=O)CCNC(=O)C(c1ccccc1O)N(C(=O)C(CC(N)=O)NC(=O)OC(C)(C)C)C(C)C. The minimum absolute atomic E-state index is 0.0806. The van der Waals surface area contributed by atoms with Gasteiger partial charge in [-0.15, -0.1) is 0 Å². The number of aromatic hydroxyl groups is 1. The van der Waals surface area contributed by atoms with E-state index >= 15 is 0 Å². The van der Waals surface area contributed by atoms with Crippen molar-refractivity contribution in [3.8, 4) is 5.75 Å². The zero-order valence-electron chi connectivity index (χ0n) is 22.2. The van der Waals surface area contributed by atoms with Crippen molar-refractivity contribution < 1.29 is 38.6 Å². The van der Waals surface area contributed by atoms with E-state index in [-0.39, 0.29) is 30.9 Å². The first-order valence-electron chi connectivity index (χ1n) is 12.0. The highest BCUT2D eigenvalue weighted by Gasteiger charge is 2.39. The number of phenolic OH excluding ortho intramolecular Hbond substituents is 1. The number of hydrogen-bond donors (Lipinski definition) is 4. The predicted octanol–water partition coefficient (Wildman–Crippen LogP) is 1.51. The number of alkyl carbamates (subject to hydrolysis) is 1. The maximum absolute atomic E-state index is 13.7. The topological polar surface area (TPSA) is 177 Å². The minimum atomic E-state index is -1.45. The summed E-state index contributed by atoms with van der Waals surface area (Å²) in [7, 11) is 0. The van der Waals surface area contributed by atoms with Crippen molar-refractivity contribution >= 4 is 29.8 Å². The van der Waals surface area contributed by atoms with E-state index in [2.05, 4.69) is 10.6 Å². The number of benzene rings is 1. The largest absolute Gasteiger partial charge is 0.508 e. The first kappa shape index (κ1) is 31.2. The van der Waals surface area contributed by atoms with Gasteiger partial charge in [0.1, 0.15) is 23.4 Å². The van der Waals surface area contributed by atoms with Gasteiger partial charge in [-0.25, -0.2) is 4.79 Å². The number of carbonyl (C=O) groups excluding carboxylic acids is 5. The first-order chi connectivity index (χ1) is 17.2. The third-order valence-electron chi connectivity index (χ3n) is 4.90. The van der Waals surface area contributed by atoms with Crippen molar-refractivity contribution in [2.75, 3.05) is 13.2 Å². The van der Waals surface area contributed by atoms with Crippen LogP contribution in [0.4, 0.5) is 4.79 Å². The molecule has 37 heavy (non-hydrogen) atoms. The normalized spacial score (nSPS) is 12.7. The van der Waals surface area contributed by atoms with Crippen LogP contribution >= 0.6 is 0 Å². The van der Waals surface area contributed by atoms with E-state index in [4.69, 9.17) is 15.2 Å². The smallest absolute Gasteiger partial charge is 0.408 e. The molecule has 1 aromatic rings. The van der Waals surface area contributed by atoms with Gasteiger partial charge in [-0.3, -0.25) is 19.2 Å². The van der Waals surface area contributed by atoms with Gasteiger partial charge in [0.15, 0.2) is 0 Å². The summed E-state index contributed by atoms with van der Waals surface area (Å²) in [5.74, 6) is -3.12. The maximum Gasteiger partial charge on any atom is 0.408 e. The van der Waals surface area contributed by atoms with Gasteiger partial charge in [0.2, 0.25) is 17.7 Å². The van der Waals surface area contributed by atoms with E-state index in [1.54, 1.807) is 53.7 Å². The third-order valence-corrected chi connectivity index (χ3v) is 4.90. The predicted molar refractivity (Wildman–Crippen MR) is 134 cm³/mol. The number of ether oxygens (including phenoxy) is 2. The van der Waals surface area contributed by atoms with E-state index in [0.717, 1.165) is 4.90 Å². The molecule has 0 radical (unpaired) electrons. The number of rotatable bonds is 12. The molecule has 0 fully saturated rings. The van der Waals surface area contributed by atoms with E-state index in [9.17, 15) is 29.1 Å². The fourth-order valence-electron chi connectivity index (χ4n) is 3.46. The number of primary amides is 1. The number of para-hydroxylation sites is 1. The molecule has 5 N–H and O–H groups in total. The number of phenols is 1. The Balaban J connectivity index is 3.39. The van der Waals surface area contributed by atoms with Crippen molar-refractivity contribution in [3.63, 3.8) is 0 Å². The molecule has 0 aliphatic rings. The Labute approximate surface area is 216 Å². The molecule has 12 nitrogen and oxygen atoms in total. The second-order valence-electron chi connectivity index (χ2n) is 9.52. The Kier molecular flexibility index (Phi) is 11.8. The number of hydrogen-bond acceptors (Lipinski definition) is 8. The molecular weight excluding hydrogens is 484 g/mol. The summed E-state index contributed by atoms with van der Waals surface area (Å²) in [6.45, 7) is 9.92. The molecule has 0 saturated carbocycles. The molecule has 206 valence electrons. The number of amides is 4. The molecule has 0 aliphatic heterocycles. The molecular formula is C25H38N4O8. The van der Waals surface area contributed by atoms with Crippen LogP contribution < -0.4 is 16.4 Å². The highest BCUT2D eigenvalue weighted by molar-refractivity contribution is 5.95. The second kappa shape index (κ2) is 14.0. The van der Waals surface area contributed by atoms with E-state index in [0.29, 0.717) is 0 Å². The average molecular weight is 523 g/mol. The number of nitrogens with one attached hydrogen (secondary N) is 2. The average Bonchev–Trinajstić information content (AvgIpc) is 2.75. The molecule has 12 heteroatoms. The Morgan fingerprint density at radius 3 is 2.24 bits per heavy atom. The molecule has 2 unspecified atom stereocenters. The van der Waals surface area contributed by atoms with Crippen LogP contribution in [0.1, 0.15) is 66.0 Å². The van der Waals surface area contributed by atoms with Crippen molar-refractivity contribution in [3.05, 3.63) is 29.8 Å². The summed E-state index contributed by atoms with van der Waals surface area (Å²) in [4.78, 5) is 64.1. The zero-order chi connectivity index (χ0) is 28.3. The maximum atomic E-state index is 13.7. The zero-order valence-corrected chi connectivity index (χ0v) is 22.2. The van der Waals surface area contributed by atoms with Crippen molar-refractivity contribution in [1.82, 2.24) is 15.5 Å². The molecule has 0 heterocycles. The molecule has 0 bridgehead atoms. The number of nitrogens with two attached hydrogens (primary N) is 1. The lowest BCUT2D eigenvalue weighted by molar-refractivity contribution is -0.146. The molecule has 0 spiro atoms. The molecule has 0 saturated heterocycles.